The molecule has 0 amide bonds. The fourth-order valence-corrected chi connectivity index (χ4v) is 6.55. The summed E-state index contributed by atoms with van der Waals surface area (Å²) in [6.07, 6.45) is 5.30. The zero-order valence-corrected chi connectivity index (χ0v) is 16.2. The van der Waals surface area contributed by atoms with Crippen molar-refractivity contribution in [3.8, 4) is 0 Å². The largest absolute Gasteiger partial charge is 0.360 e. The van der Waals surface area contributed by atoms with Crippen molar-refractivity contribution in [3.63, 3.8) is 0 Å². The molecule has 1 aliphatic carbocycles. The molecule has 1 saturated carbocycles. The standard InChI is InChI=1S/C27H27N/c1-3-10-19(11-4-1)24-18-26(20-12-5-2-6-13-20)28-25-17-8-7-14-21(25)22-15-9-16-23(24)27(22)28/h1-8,10-14,17,22-24,26-27H,9,15-16,18H2/t22-,23-,24-,26-,27-/m1/s1. The molecule has 2 aliphatic heterocycles. The molecule has 2 fully saturated rings. The van der Waals surface area contributed by atoms with Gasteiger partial charge in [-0.2, -0.15) is 0 Å². The van der Waals surface area contributed by atoms with E-state index >= 15 is 0 Å². The lowest BCUT2D eigenvalue weighted by Crippen LogP contribution is -2.51. The van der Waals surface area contributed by atoms with Crippen LogP contribution in [0.2, 0.25) is 0 Å². The molecule has 140 valence electrons. The van der Waals surface area contributed by atoms with E-state index in [4.69, 9.17) is 0 Å². The second-order valence-electron chi connectivity index (χ2n) is 8.84. The molecule has 0 radical (unpaired) electrons. The monoisotopic (exact) mass is 365 g/mol. The van der Waals surface area contributed by atoms with E-state index in [-0.39, 0.29) is 0 Å². The third-order valence-corrected chi connectivity index (χ3v) is 7.58. The molecule has 3 aliphatic rings. The molecular weight excluding hydrogens is 338 g/mol. The Hall–Kier alpha value is -2.54. The molecule has 3 aromatic carbocycles. The fourth-order valence-electron chi connectivity index (χ4n) is 6.55. The highest BCUT2D eigenvalue weighted by molar-refractivity contribution is 5.65. The predicted molar refractivity (Wildman–Crippen MR) is 116 cm³/mol. The second kappa shape index (κ2) is 6.51. The van der Waals surface area contributed by atoms with Crippen molar-refractivity contribution >= 4 is 5.69 Å². The third-order valence-electron chi connectivity index (χ3n) is 7.58. The number of benzene rings is 3. The SMILES string of the molecule is c1ccc([C@H]2C[C@H](c3ccccc3)N3c4ccccc4[C@H]4CCC[C@H]2[C@@H]43)cc1. The van der Waals surface area contributed by atoms with E-state index in [1.807, 2.05) is 0 Å². The van der Waals surface area contributed by atoms with Crippen molar-refractivity contribution in [1.29, 1.82) is 0 Å². The van der Waals surface area contributed by atoms with Gasteiger partial charge in [-0.05, 0) is 53.9 Å². The quantitative estimate of drug-likeness (QED) is 0.489. The van der Waals surface area contributed by atoms with Crippen LogP contribution in [-0.4, -0.2) is 6.04 Å². The first-order valence-electron chi connectivity index (χ1n) is 10.9. The van der Waals surface area contributed by atoms with Crippen LogP contribution in [0, 0.1) is 5.92 Å². The Kier molecular flexibility index (Phi) is 3.82. The van der Waals surface area contributed by atoms with Gasteiger partial charge in [0.2, 0.25) is 0 Å². The Morgan fingerprint density at radius 1 is 0.643 bits per heavy atom. The van der Waals surface area contributed by atoms with Crippen molar-refractivity contribution in [1.82, 2.24) is 0 Å². The highest BCUT2D eigenvalue weighted by Crippen LogP contribution is 2.60. The summed E-state index contributed by atoms with van der Waals surface area (Å²) in [7, 11) is 0. The summed E-state index contributed by atoms with van der Waals surface area (Å²) in [5.41, 5.74) is 6.13. The van der Waals surface area contributed by atoms with Gasteiger partial charge in [-0.15, -0.1) is 0 Å². The van der Waals surface area contributed by atoms with Gasteiger partial charge in [0, 0.05) is 17.6 Å². The molecule has 0 bridgehead atoms. The Bertz CT molecular complexity index is 964. The van der Waals surface area contributed by atoms with Crippen LogP contribution in [0.5, 0.6) is 0 Å². The summed E-state index contributed by atoms with van der Waals surface area (Å²) in [6.45, 7) is 0. The molecule has 3 aromatic rings. The van der Waals surface area contributed by atoms with E-state index in [0.29, 0.717) is 23.9 Å². The number of piperidine rings is 1. The van der Waals surface area contributed by atoms with Crippen molar-refractivity contribution in [2.75, 3.05) is 4.90 Å². The van der Waals surface area contributed by atoms with Gasteiger partial charge in [0.05, 0.1) is 6.04 Å². The van der Waals surface area contributed by atoms with Gasteiger partial charge in [0.15, 0.2) is 0 Å². The Morgan fingerprint density at radius 3 is 2.11 bits per heavy atom. The number of fused-ring (bicyclic) bond motifs is 3. The van der Waals surface area contributed by atoms with Gasteiger partial charge < -0.3 is 4.90 Å². The van der Waals surface area contributed by atoms with E-state index in [9.17, 15) is 0 Å². The predicted octanol–water partition coefficient (Wildman–Crippen LogP) is 6.69. The van der Waals surface area contributed by atoms with Crippen molar-refractivity contribution < 1.29 is 0 Å². The zero-order valence-electron chi connectivity index (χ0n) is 16.2. The first kappa shape index (κ1) is 16.4. The molecule has 5 atom stereocenters. The summed E-state index contributed by atoms with van der Waals surface area (Å²) in [5, 5.41) is 0. The van der Waals surface area contributed by atoms with Gasteiger partial charge in [-0.1, -0.05) is 85.3 Å². The molecule has 0 spiro atoms. The smallest absolute Gasteiger partial charge is 0.0551 e. The van der Waals surface area contributed by atoms with Gasteiger partial charge in [-0.3, -0.25) is 0 Å². The first-order valence-corrected chi connectivity index (χ1v) is 10.9. The van der Waals surface area contributed by atoms with Crippen LogP contribution in [0.1, 0.15) is 60.3 Å². The summed E-state index contributed by atoms with van der Waals surface area (Å²) < 4.78 is 0. The van der Waals surface area contributed by atoms with Crippen molar-refractivity contribution in [3.05, 3.63) is 102 Å². The maximum atomic E-state index is 2.83. The maximum Gasteiger partial charge on any atom is 0.0551 e. The number of hydrogen-bond donors (Lipinski definition) is 0. The van der Waals surface area contributed by atoms with Crippen molar-refractivity contribution in [2.24, 2.45) is 5.92 Å². The molecule has 1 saturated heterocycles. The molecular formula is C27H27N. The van der Waals surface area contributed by atoms with E-state index < -0.39 is 0 Å². The van der Waals surface area contributed by atoms with Gasteiger partial charge in [0.25, 0.3) is 0 Å². The highest BCUT2D eigenvalue weighted by atomic mass is 15.2. The molecule has 1 heteroatoms. The molecule has 28 heavy (non-hydrogen) atoms. The summed E-state index contributed by atoms with van der Waals surface area (Å²) in [5.74, 6) is 2.12. The number of anilines is 1. The van der Waals surface area contributed by atoms with E-state index in [2.05, 4.69) is 89.8 Å². The third kappa shape index (κ3) is 2.38. The number of nitrogens with zero attached hydrogens (tertiary/aromatic N) is 1. The lowest BCUT2D eigenvalue weighted by atomic mass is 9.64. The number of para-hydroxylation sites is 1. The fraction of sp³-hybridized carbons (Fsp3) is 0.333. The number of rotatable bonds is 2. The van der Waals surface area contributed by atoms with Crippen LogP contribution in [0.25, 0.3) is 0 Å². The Morgan fingerprint density at radius 2 is 1.32 bits per heavy atom. The van der Waals surface area contributed by atoms with Crippen LogP contribution in [0.3, 0.4) is 0 Å². The molecule has 0 aromatic heterocycles. The van der Waals surface area contributed by atoms with Crippen LogP contribution in [0.4, 0.5) is 5.69 Å². The van der Waals surface area contributed by atoms with Gasteiger partial charge >= 0.3 is 0 Å². The average Bonchev–Trinajstić information content (AvgIpc) is 3.12. The van der Waals surface area contributed by atoms with Crippen LogP contribution in [-0.2, 0) is 0 Å². The minimum Gasteiger partial charge on any atom is -0.360 e. The molecule has 0 unspecified atom stereocenters. The number of hydrogen-bond acceptors (Lipinski definition) is 1. The summed E-state index contributed by atoms with van der Waals surface area (Å²) >= 11 is 0. The minimum absolute atomic E-state index is 0.469. The first-order chi connectivity index (χ1) is 13.9. The van der Waals surface area contributed by atoms with Crippen LogP contribution < -0.4 is 4.90 Å². The van der Waals surface area contributed by atoms with Crippen LogP contribution >= 0.6 is 0 Å². The second-order valence-corrected chi connectivity index (χ2v) is 8.84. The highest BCUT2D eigenvalue weighted by Gasteiger charge is 2.53. The summed E-state index contributed by atoms with van der Waals surface area (Å²) in [4.78, 5) is 2.83. The summed E-state index contributed by atoms with van der Waals surface area (Å²) in [6, 6.07) is 33.0. The van der Waals surface area contributed by atoms with Crippen LogP contribution in [0.15, 0.2) is 84.9 Å². The minimum atomic E-state index is 0.469. The van der Waals surface area contributed by atoms with Crippen molar-refractivity contribution in [2.45, 2.75) is 49.6 Å². The Balaban J connectivity index is 1.52. The molecule has 6 rings (SSSR count). The van der Waals surface area contributed by atoms with E-state index in [1.54, 1.807) is 11.1 Å². The normalized spacial score (nSPS) is 30.6. The molecule has 2 heterocycles. The Labute approximate surface area is 168 Å². The molecule has 1 nitrogen and oxygen atoms in total. The molecule has 0 N–H and O–H groups in total. The van der Waals surface area contributed by atoms with E-state index in [1.165, 1.54) is 36.9 Å². The average molecular weight is 366 g/mol. The maximum absolute atomic E-state index is 2.83. The lowest BCUT2D eigenvalue weighted by Gasteiger charge is -2.52. The van der Waals surface area contributed by atoms with Gasteiger partial charge in [0.1, 0.15) is 0 Å². The zero-order chi connectivity index (χ0) is 18.5. The van der Waals surface area contributed by atoms with Gasteiger partial charge in [-0.25, -0.2) is 0 Å². The lowest BCUT2D eigenvalue weighted by molar-refractivity contribution is 0.176. The van der Waals surface area contributed by atoms with E-state index in [0.717, 1.165) is 5.92 Å². The topological polar surface area (TPSA) is 3.24 Å².